The number of aromatic nitrogens is 1. The molecule has 4 aliphatic carbocycles. The summed E-state index contributed by atoms with van der Waals surface area (Å²) in [6.45, 7) is 1.75. The molecular formula is C22H31N3O3. The quantitative estimate of drug-likeness (QED) is 0.832. The number of pyridine rings is 1. The molecule has 6 rings (SSSR count). The molecule has 6 nitrogen and oxygen atoms in total. The third kappa shape index (κ3) is 3.06. The van der Waals surface area contributed by atoms with Crippen LogP contribution in [-0.4, -0.2) is 48.3 Å². The van der Waals surface area contributed by atoms with Crippen LogP contribution in [0.3, 0.4) is 0 Å². The Balaban J connectivity index is 1.26. The van der Waals surface area contributed by atoms with E-state index in [1.807, 2.05) is 18.2 Å². The number of carbonyl (C=O) groups is 1. The van der Waals surface area contributed by atoms with E-state index in [9.17, 15) is 9.90 Å². The van der Waals surface area contributed by atoms with Crippen LogP contribution < -0.4 is 15.0 Å². The van der Waals surface area contributed by atoms with Crippen LogP contribution in [0.15, 0.2) is 18.2 Å². The number of hydrogen-bond donors (Lipinski definition) is 2. The minimum Gasteiger partial charge on any atom is -0.481 e. The van der Waals surface area contributed by atoms with Gasteiger partial charge in [0, 0.05) is 25.2 Å². The number of rotatable bonds is 4. The number of carbonyl (C=O) groups excluding carboxylic acids is 1. The van der Waals surface area contributed by atoms with Gasteiger partial charge in [0.1, 0.15) is 5.82 Å². The highest BCUT2D eigenvalue weighted by Crippen LogP contribution is 2.60. The van der Waals surface area contributed by atoms with Gasteiger partial charge in [0.15, 0.2) is 0 Å². The number of ether oxygens (including phenoxy) is 1. The highest BCUT2D eigenvalue weighted by molar-refractivity contribution is 5.83. The third-order valence-electron chi connectivity index (χ3n) is 7.70. The smallest absolute Gasteiger partial charge is 0.226 e. The van der Waals surface area contributed by atoms with Gasteiger partial charge in [0.05, 0.1) is 18.6 Å². The Morgan fingerprint density at radius 2 is 2.07 bits per heavy atom. The number of nitrogens with zero attached hydrogens (tertiary/aromatic N) is 2. The fraction of sp³-hybridized carbons (Fsp3) is 0.727. The normalized spacial score (nSPS) is 39.1. The number of aliphatic hydroxyl groups is 1. The van der Waals surface area contributed by atoms with Crippen molar-refractivity contribution >= 4 is 11.7 Å². The third-order valence-corrected chi connectivity index (χ3v) is 7.70. The van der Waals surface area contributed by atoms with Crippen LogP contribution in [0.25, 0.3) is 0 Å². The molecule has 3 atom stereocenters. The second kappa shape index (κ2) is 6.90. The van der Waals surface area contributed by atoms with Crippen molar-refractivity contribution in [3.63, 3.8) is 0 Å². The number of anilines is 1. The van der Waals surface area contributed by atoms with Crippen LogP contribution in [0.5, 0.6) is 5.88 Å². The number of nitrogens with one attached hydrogen (secondary N) is 1. The molecule has 1 aliphatic heterocycles. The van der Waals surface area contributed by atoms with Gasteiger partial charge in [-0.25, -0.2) is 0 Å². The number of methoxy groups -OCH3 is 1. The molecule has 152 valence electrons. The molecule has 1 saturated heterocycles. The van der Waals surface area contributed by atoms with E-state index in [1.165, 1.54) is 0 Å². The van der Waals surface area contributed by atoms with E-state index >= 15 is 0 Å². The van der Waals surface area contributed by atoms with Crippen LogP contribution >= 0.6 is 0 Å². The molecule has 1 aromatic heterocycles. The molecular weight excluding hydrogens is 354 g/mol. The Kier molecular flexibility index (Phi) is 4.49. The minimum absolute atomic E-state index is 0.159. The zero-order chi connectivity index (χ0) is 19.3. The summed E-state index contributed by atoms with van der Waals surface area (Å²) in [6.07, 6.45) is 6.89. The maximum absolute atomic E-state index is 13.4. The van der Waals surface area contributed by atoms with Crippen molar-refractivity contribution in [2.45, 2.75) is 57.1 Å². The van der Waals surface area contributed by atoms with Crippen molar-refractivity contribution in [3.05, 3.63) is 18.2 Å². The Hall–Kier alpha value is -1.82. The van der Waals surface area contributed by atoms with Gasteiger partial charge >= 0.3 is 0 Å². The summed E-state index contributed by atoms with van der Waals surface area (Å²) < 4.78 is 5.26. The number of aliphatic hydroxyl groups excluding tert-OH is 1. The molecule has 0 aromatic carbocycles. The summed E-state index contributed by atoms with van der Waals surface area (Å²) in [7, 11) is 1.63. The van der Waals surface area contributed by atoms with Crippen LogP contribution in [0.1, 0.15) is 44.9 Å². The lowest BCUT2D eigenvalue weighted by Crippen LogP contribution is -2.60. The maximum atomic E-state index is 13.4. The predicted octanol–water partition coefficient (Wildman–Crippen LogP) is 2.36. The van der Waals surface area contributed by atoms with Crippen LogP contribution in [-0.2, 0) is 4.79 Å². The van der Waals surface area contributed by atoms with Gasteiger partial charge in [0.2, 0.25) is 11.8 Å². The van der Waals surface area contributed by atoms with Crippen molar-refractivity contribution in [2.24, 2.45) is 23.2 Å². The SMILES string of the molecule is COc1cccc(N2CCC[C@H](NC(=O)C34CC5CC(C3)C(O)C(C5)C4)C2)n1. The van der Waals surface area contributed by atoms with Gasteiger partial charge < -0.3 is 20.1 Å². The Morgan fingerprint density at radius 3 is 2.82 bits per heavy atom. The first-order valence-corrected chi connectivity index (χ1v) is 10.8. The number of hydrogen-bond acceptors (Lipinski definition) is 5. The zero-order valence-electron chi connectivity index (χ0n) is 16.6. The molecule has 1 amide bonds. The molecule has 5 fully saturated rings. The number of amides is 1. The minimum atomic E-state index is -0.230. The highest BCUT2D eigenvalue weighted by Gasteiger charge is 2.58. The van der Waals surface area contributed by atoms with Crippen molar-refractivity contribution in [2.75, 3.05) is 25.1 Å². The standard InChI is InChI=1S/C22H31N3O3/c1-28-19-6-2-5-18(24-19)25-7-3-4-17(13-25)23-21(27)22-10-14-8-15(11-22)20(26)16(9-14)12-22/h2,5-6,14-17,20,26H,3-4,7-13H2,1H3,(H,23,27)/t14?,15?,16?,17-,20?,22?/m0/s1. The summed E-state index contributed by atoms with van der Waals surface area (Å²) >= 11 is 0. The molecule has 2 heterocycles. The zero-order valence-corrected chi connectivity index (χ0v) is 16.6. The monoisotopic (exact) mass is 385 g/mol. The number of piperidine rings is 1. The average molecular weight is 386 g/mol. The first-order valence-electron chi connectivity index (χ1n) is 10.8. The lowest BCUT2D eigenvalue weighted by Gasteiger charge is -2.58. The molecule has 5 aliphatic rings. The van der Waals surface area contributed by atoms with Gasteiger partial charge in [-0.1, -0.05) is 6.07 Å². The van der Waals surface area contributed by atoms with Crippen molar-refractivity contribution in [1.82, 2.24) is 10.3 Å². The summed E-state index contributed by atoms with van der Waals surface area (Å²) in [5.74, 6) is 3.08. The molecule has 1 aromatic rings. The van der Waals surface area contributed by atoms with E-state index in [0.29, 0.717) is 23.6 Å². The Bertz CT molecular complexity index is 738. The molecule has 4 bridgehead atoms. The molecule has 0 spiro atoms. The van der Waals surface area contributed by atoms with Crippen LogP contribution in [0.4, 0.5) is 5.82 Å². The van der Waals surface area contributed by atoms with Gasteiger partial charge in [-0.3, -0.25) is 4.79 Å². The van der Waals surface area contributed by atoms with Gasteiger partial charge in [-0.2, -0.15) is 4.98 Å². The summed E-state index contributed by atoms with van der Waals surface area (Å²) in [5, 5.41) is 13.9. The topological polar surface area (TPSA) is 74.7 Å². The second-order valence-corrected chi connectivity index (χ2v) is 9.54. The molecule has 2 N–H and O–H groups in total. The van der Waals surface area contributed by atoms with E-state index in [-0.39, 0.29) is 23.5 Å². The second-order valence-electron chi connectivity index (χ2n) is 9.54. The van der Waals surface area contributed by atoms with Crippen LogP contribution in [0.2, 0.25) is 0 Å². The maximum Gasteiger partial charge on any atom is 0.226 e. The first kappa shape index (κ1) is 18.2. The van der Waals surface area contributed by atoms with E-state index in [0.717, 1.165) is 63.9 Å². The molecule has 2 unspecified atom stereocenters. The molecule has 6 heteroatoms. The molecule has 4 saturated carbocycles. The fourth-order valence-electron chi connectivity index (χ4n) is 6.61. The predicted molar refractivity (Wildman–Crippen MR) is 106 cm³/mol. The largest absolute Gasteiger partial charge is 0.481 e. The Labute approximate surface area is 166 Å². The van der Waals surface area contributed by atoms with Crippen LogP contribution in [0, 0.1) is 23.2 Å². The van der Waals surface area contributed by atoms with E-state index in [4.69, 9.17) is 4.74 Å². The van der Waals surface area contributed by atoms with Gasteiger partial charge in [0.25, 0.3) is 0 Å². The van der Waals surface area contributed by atoms with E-state index in [2.05, 4.69) is 15.2 Å². The summed E-state index contributed by atoms with van der Waals surface area (Å²) in [6, 6.07) is 5.98. The van der Waals surface area contributed by atoms with Crippen molar-refractivity contribution < 1.29 is 14.6 Å². The van der Waals surface area contributed by atoms with E-state index < -0.39 is 0 Å². The molecule has 28 heavy (non-hydrogen) atoms. The van der Waals surface area contributed by atoms with Gasteiger partial charge in [-0.15, -0.1) is 0 Å². The lowest BCUT2D eigenvalue weighted by atomic mass is 9.48. The summed E-state index contributed by atoms with van der Waals surface area (Å²) in [5.41, 5.74) is -0.230. The summed E-state index contributed by atoms with van der Waals surface area (Å²) in [4.78, 5) is 20.2. The van der Waals surface area contributed by atoms with Gasteiger partial charge in [-0.05, 0) is 68.8 Å². The Morgan fingerprint density at radius 1 is 1.29 bits per heavy atom. The van der Waals surface area contributed by atoms with E-state index in [1.54, 1.807) is 7.11 Å². The lowest BCUT2D eigenvalue weighted by molar-refractivity contribution is -0.163. The fourth-order valence-corrected chi connectivity index (χ4v) is 6.61. The first-order chi connectivity index (χ1) is 13.6. The van der Waals surface area contributed by atoms with Crippen molar-refractivity contribution in [3.8, 4) is 5.88 Å². The highest BCUT2D eigenvalue weighted by atomic mass is 16.5. The van der Waals surface area contributed by atoms with Crippen molar-refractivity contribution in [1.29, 1.82) is 0 Å². The average Bonchev–Trinajstić information content (AvgIpc) is 2.71. The molecule has 0 radical (unpaired) electrons.